The number of aromatic nitrogens is 1. The van der Waals surface area contributed by atoms with Gasteiger partial charge in [0.05, 0.1) is 0 Å². The predicted molar refractivity (Wildman–Crippen MR) is 88.6 cm³/mol. The van der Waals surface area contributed by atoms with Crippen molar-refractivity contribution in [3.8, 4) is 0 Å². The number of rotatable bonds is 6. The summed E-state index contributed by atoms with van der Waals surface area (Å²) in [6.07, 6.45) is 0. The molecule has 0 fully saturated rings. The van der Waals surface area contributed by atoms with Crippen LogP contribution in [0.3, 0.4) is 0 Å². The predicted octanol–water partition coefficient (Wildman–Crippen LogP) is 2.20. The Kier molecular flexibility index (Phi) is 5.15. The van der Waals surface area contributed by atoms with Gasteiger partial charge in [0, 0.05) is 30.2 Å². The van der Waals surface area contributed by atoms with Crippen LogP contribution in [-0.2, 0) is 6.54 Å². The summed E-state index contributed by atoms with van der Waals surface area (Å²) >= 11 is 0. The molecule has 0 radical (unpaired) electrons. The number of benzene rings is 1. The molecule has 1 unspecified atom stereocenters. The second-order valence-electron chi connectivity index (χ2n) is 6.20. The third kappa shape index (κ3) is 4.16. The first-order valence-electron chi connectivity index (χ1n) is 7.46. The molecule has 1 aromatic carbocycles. The van der Waals surface area contributed by atoms with Crippen LogP contribution in [0.25, 0.3) is 10.9 Å². The van der Waals surface area contributed by atoms with E-state index in [1.54, 1.807) is 0 Å². The van der Waals surface area contributed by atoms with Crippen molar-refractivity contribution in [1.29, 1.82) is 0 Å². The number of fused-ring (bicyclic) bond motifs is 1. The number of pyridine rings is 1. The Hall–Kier alpha value is -1.65. The average Bonchev–Trinajstić information content (AvgIpc) is 2.42. The second-order valence-corrected chi connectivity index (χ2v) is 6.20. The minimum absolute atomic E-state index is 0.00596. The molecule has 1 atom stereocenters. The molecule has 0 aliphatic rings. The van der Waals surface area contributed by atoms with E-state index in [0.29, 0.717) is 18.5 Å². The number of likely N-dealkylation sites (N-methyl/N-ethyl adjacent to an activating group) is 1. The number of hydrogen-bond donors (Lipinski definition) is 2. The van der Waals surface area contributed by atoms with Crippen LogP contribution in [-0.4, -0.2) is 36.6 Å². The van der Waals surface area contributed by atoms with Gasteiger partial charge in [0.25, 0.3) is 5.56 Å². The highest BCUT2D eigenvalue weighted by atomic mass is 16.1. The van der Waals surface area contributed by atoms with E-state index in [9.17, 15) is 4.79 Å². The van der Waals surface area contributed by atoms with Crippen LogP contribution < -0.4 is 10.9 Å². The van der Waals surface area contributed by atoms with Gasteiger partial charge in [0.1, 0.15) is 0 Å². The summed E-state index contributed by atoms with van der Waals surface area (Å²) in [5.41, 5.74) is 1.67. The summed E-state index contributed by atoms with van der Waals surface area (Å²) in [7, 11) is 4.14. The Balaban J connectivity index is 2.15. The summed E-state index contributed by atoms with van der Waals surface area (Å²) < 4.78 is 0. The van der Waals surface area contributed by atoms with Gasteiger partial charge in [-0.2, -0.15) is 0 Å². The van der Waals surface area contributed by atoms with Gasteiger partial charge in [-0.15, -0.1) is 0 Å². The zero-order chi connectivity index (χ0) is 15.4. The molecule has 0 saturated heterocycles. The van der Waals surface area contributed by atoms with Crippen molar-refractivity contribution in [1.82, 2.24) is 15.2 Å². The lowest BCUT2D eigenvalue weighted by atomic mass is 10.0. The topological polar surface area (TPSA) is 48.1 Å². The number of aromatic amines is 1. The first-order chi connectivity index (χ1) is 9.97. The van der Waals surface area contributed by atoms with E-state index in [-0.39, 0.29) is 5.56 Å². The van der Waals surface area contributed by atoms with Crippen molar-refractivity contribution in [2.75, 3.05) is 20.6 Å². The van der Waals surface area contributed by atoms with Gasteiger partial charge in [-0.05, 0) is 37.5 Å². The first kappa shape index (κ1) is 15.7. The molecule has 0 aliphatic heterocycles. The number of H-pyrrole nitrogens is 1. The molecule has 1 aromatic heterocycles. The zero-order valence-electron chi connectivity index (χ0n) is 13.3. The summed E-state index contributed by atoms with van der Waals surface area (Å²) in [6.45, 7) is 5.96. The molecule has 0 saturated carbocycles. The summed E-state index contributed by atoms with van der Waals surface area (Å²) in [5, 5.41) is 4.58. The van der Waals surface area contributed by atoms with Gasteiger partial charge in [-0.25, -0.2) is 0 Å². The molecule has 1 heterocycles. The molecular weight excluding hydrogens is 262 g/mol. The SMILES string of the molecule is CC(C)C(CN(C)C)NCc1cc2ccccc2[nH]c1=O. The molecule has 2 rings (SSSR count). The molecule has 114 valence electrons. The smallest absolute Gasteiger partial charge is 0.252 e. The molecular formula is C17H25N3O. The maximum absolute atomic E-state index is 12.1. The van der Waals surface area contributed by atoms with Gasteiger partial charge in [-0.3, -0.25) is 4.79 Å². The number of nitrogens with one attached hydrogen (secondary N) is 2. The molecule has 21 heavy (non-hydrogen) atoms. The Morgan fingerprint density at radius 3 is 2.62 bits per heavy atom. The standard InChI is InChI=1S/C17H25N3O/c1-12(2)16(11-20(3)4)18-10-14-9-13-7-5-6-8-15(13)19-17(14)21/h5-9,12,16,18H,10-11H2,1-4H3,(H,19,21). The Bertz CT molecular complexity index is 646. The second kappa shape index (κ2) is 6.87. The van der Waals surface area contributed by atoms with Gasteiger partial charge in [0.2, 0.25) is 0 Å². The van der Waals surface area contributed by atoms with Gasteiger partial charge in [0.15, 0.2) is 0 Å². The Morgan fingerprint density at radius 1 is 1.24 bits per heavy atom. The Labute approximate surface area is 126 Å². The third-order valence-corrected chi connectivity index (χ3v) is 3.75. The molecule has 0 bridgehead atoms. The van der Waals surface area contributed by atoms with Crippen LogP contribution in [0.1, 0.15) is 19.4 Å². The minimum Gasteiger partial charge on any atom is -0.322 e. The molecule has 2 N–H and O–H groups in total. The quantitative estimate of drug-likeness (QED) is 0.856. The zero-order valence-corrected chi connectivity index (χ0v) is 13.3. The molecule has 0 spiro atoms. The van der Waals surface area contributed by atoms with E-state index >= 15 is 0 Å². The van der Waals surface area contributed by atoms with Gasteiger partial charge < -0.3 is 15.2 Å². The summed E-state index contributed by atoms with van der Waals surface area (Å²) in [4.78, 5) is 17.2. The molecule has 4 nitrogen and oxygen atoms in total. The van der Waals surface area contributed by atoms with Crippen LogP contribution in [0.5, 0.6) is 0 Å². The Morgan fingerprint density at radius 2 is 1.95 bits per heavy atom. The normalized spacial score (nSPS) is 13.2. The molecule has 4 heteroatoms. The van der Waals surface area contributed by atoms with Crippen LogP contribution >= 0.6 is 0 Å². The van der Waals surface area contributed by atoms with E-state index in [4.69, 9.17) is 0 Å². The maximum Gasteiger partial charge on any atom is 0.252 e. The third-order valence-electron chi connectivity index (χ3n) is 3.75. The lowest BCUT2D eigenvalue weighted by Crippen LogP contribution is -2.42. The monoisotopic (exact) mass is 287 g/mol. The number of nitrogens with zero attached hydrogens (tertiary/aromatic N) is 1. The highest BCUT2D eigenvalue weighted by Gasteiger charge is 2.14. The van der Waals surface area contributed by atoms with Crippen molar-refractivity contribution < 1.29 is 0 Å². The van der Waals surface area contributed by atoms with Crippen LogP contribution in [0.15, 0.2) is 35.1 Å². The number of para-hydroxylation sites is 1. The maximum atomic E-state index is 12.1. The number of hydrogen-bond acceptors (Lipinski definition) is 3. The molecule has 2 aromatic rings. The fraction of sp³-hybridized carbons (Fsp3) is 0.471. The van der Waals surface area contributed by atoms with E-state index in [0.717, 1.165) is 23.0 Å². The van der Waals surface area contributed by atoms with Gasteiger partial charge in [-0.1, -0.05) is 32.0 Å². The lowest BCUT2D eigenvalue weighted by Gasteiger charge is -2.25. The highest BCUT2D eigenvalue weighted by Crippen LogP contribution is 2.10. The average molecular weight is 287 g/mol. The minimum atomic E-state index is -0.00596. The fourth-order valence-electron chi connectivity index (χ4n) is 2.47. The van der Waals surface area contributed by atoms with Crippen molar-refractivity contribution in [3.05, 3.63) is 46.2 Å². The summed E-state index contributed by atoms with van der Waals surface area (Å²) in [6, 6.07) is 10.2. The van der Waals surface area contributed by atoms with Crippen molar-refractivity contribution in [3.63, 3.8) is 0 Å². The lowest BCUT2D eigenvalue weighted by molar-refractivity contribution is 0.288. The van der Waals surface area contributed by atoms with E-state index in [1.165, 1.54) is 0 Å². The van der Waals surface area contributed by atoms with Crippen LogP contribution in [0.4, 0.5) is 0 Å². The highest BCUT2D eigenvalue weighted by molar-refractivity contribution is 5.78. The summed E-state index contributed by atoms with van der Waals surface area (Å²) in [5.74, 6) is 0.520. The van der Waals surface area contributed by atoms with Crippen molar-refractivity contribution in [2.24, 2.45) is 5.92 Å². The van der Waals surface area contributed by atoms with E-state index in [1.807, 2.05) is 30.3 Å². The molecule has 0 amide bonds. The van der Waals surface area contributed by atoms with E-state index < -0.39 is 0 Å². The van der Waals surface area contributed by atoms with Crippen LogP contribution in [0.2, 0.25) is 0 Å². The van der Waals surface area contributed by atoms with Gasteiger partial charge >= 0.3 is 0 Å². The van der Waals surface area contributed by atoms with Crippen molar-refractivity contribution >= 4 is 10.9 Å². The largest absolute Gasteiger partial charge is 0.322 e. The van der Waals surface area contributed by atoms with Crippen molar-refractivity contribution in [2.45, 2.75) is 26.4 Å². The van der Waals surface area contributed by atoms with E-state index in [2.05, 4.69) is 43.1 Å². The molecule has 0 aliphatic carbocycles. The first-order valence-corrected chi connectivity index (χ1v) is 7.46. The fourth-order valence-corrected chi connectivity index (χ4v) is 2.47. The van der Waals surface area contributed by atoms with Crippen LogP contribution in [0, 0.1) is 5.92 Å².